The number of halogens is 1. The van der Waals surface area contributed by atoms with E-state index in [4.69, 9.17) is 4.74 Å². The third-order valence-electron chi connectivity index (χ3n) is 3.31. The van der Waals surface area contributed by atoms with Crippen molar-refractivity contribution < 1.29 is 9.13 Å². The third-order valence-corrected chi connectivity index (χ3v) is 3.31. The summed E-state index contributed by atoms with van der Waals surface area (Å²) >= 11 is 0. The van der Waals surface area contributed by atoms with E-state index in [1.165, 1.54) is 6.07 Å². The van der Waals surface area contributed by atoms with E-state index >= 15 is 0 Å². The van der Waals surface area contributed by atoms with Crippen molar-refractivity contribution in [2.75, 3.05) is 0 Å². The molecule has 0 aliphatic heterocycles. The Balaban J connectivity index is 2.18. The van der Waals surface area contributed by atoms with Gasteiger partial charge in [0.2, 0.25) is 0 Å². The molecule has 2 nitrogen and oxygen atoms in total. The van der Waals surface area contributed by atoms with Crippen LogP contribution in [0.25, 0.3) is 0 Å². The van der Waals surface area contributed by atoms with Crippen LogP contribution in [0.1, 0.15) is 38.0 Å². The summed E-state index contributed by atoms with van der Waals surface area (Å²) in [5, 5.41) is 3.30. The molecule has 112 valence electrons. The number of benzene rings is 2. The van der Waals surface area contributed by atoms with Crippen LogP contribution in [0.2, 0.25) is 0 Å². The average molecular weight is 287 g/mol. The zero-order chi connectivity index (χ0) is 15.2. The number of rotatable bonds is 6. The molecule has 0 radical (unpaired) electrons. The largest absolute Gasteiger partial charge is 0.483 e. The van der Waals surface area contributed by atoms with Gasteiger partial charge in [0.1, 0.15) is 6.10 Å². The normalized spacial score (nSPS) is 12.4. The fourth-order valence-electron chi connectivity index (χ4n) is 2.11. The van der Waals surface area contributed by atoms with Crippen molar-refractivity contribution in [3.05, 3.63) is 65.5 Å². The van der Waals surface area contributed by atoms with E-state index in [0.717, 1.165) is 11.1 Å². The van der Waals surface area contributed by atoms with E-state index in [1.807, 2.05) is 43.3 Å². The topological polar surface area (TPSA) is 21.3 Å². The Morgan fingerprint density at radius 3 is 2.38 bits per heavy atom. The molecule has 0 aliphatic rings. The molecule has 0 saturated heterocycles. The smallest absolute Gasteiger partial charge is 0.165 e. The van der Waals surface area contributed by atoms with Crippen LogP contribution in [0.4, 0.5) is 4.39 Å². The highest BCUT2D eigenvalue weighted by molar-refractivity contribution is 5.35. The van der Waals surface area contributed by atoms with Crippen LogP contribution in [0.5, 0.6) is 5.75 Å². The SMILES string of the molecule is CC(C)NCc1cccc(F)c1OC(C)c1ccccc1. The lowest BCUT2D eigenvalue weighted by molar-refractivity contribution is 0.213. The van der Waals surface area contributed by atoms with Crippen molar-refractivity contribution in [2.24, 2.45) is 0 Å². The van der Waals surface area contributed by atoms with E-state index in [-0.39, 0.29) is 11.9 Å². The minimum Gasteiger partial charge on any atom is -0.483 e. The van der Waals surface area contributed by atoms with Crippen LogP contribution in [0.3, 0.4) is 0 Å². The summed E-state index contributed by atoms with van der Waals surface area (Å²) < 4.78 is 20.0. The van der Waals surface area contributed by atoms with E-state index in [0.29, 0.717) is 18.3 Å². The van der Waals surface area contributed by atoms with E-state index in [2.05, 4.69) is 19.2 Å². The van der Waals surface area contributed by atoms with Crippen molar-refractivity contribution in [1.29, 1.82) is 0 Å². The summed E-state index contributed by atoms with van der Waals surface area (Å²) in [5.74, 6) is 0.0165. The maximum Gasteiger partial charge on any atom is 0.165 e. The van der Waals surface area contributed by atoms with Gasteiger partial charge in [-0.1, -0.05) is 56.3 Å². The zero-order valence-electron chi connectivity index (χ0n) is 12.8. The quantitative estimate of drug-likeness (QED) is 0.846. The zero-order valence-corrected chi connectivity index (χ0v) is 12.8. The Morgan fingerprint density at radius 2 is 1.71 bits per heavy atom. The first kappa shape index (κ1) is 15.5. The van der Waals surface area contributed by atoms with E-state index < -0.39 is 0 Å². The van der Waals surface area contributed by atoms with Crippen LogP contribution in [0, 0.1) is 5.82 Å². The van der Waals surface area contributed by atoms with Crippen LogP contribution >= 0.6 is 0 Å². The molecular weight excluding hydrogens is 265 g/mol. The lowest BCUT2D eigenvalue weighted by Crippen LogP contribution is -2.22. The highest BCUT2D eigenvalue weighted by Gasteiger charge is 2.14. The number of para-hydroxylation sites is 1. The molecule has 21 heavy (non-hydrogen) atoms. The van der Waals surface area contributed by atoms with Gasteiger partial charge >= 0.3 is 0 Å². The van der Waals surface area contributed by atoms with Crippen molar-refractivity contribution in [2.45, 2.75) is 39.5 Å². The highest BCUT2D eigenvalue weighted by atomic mass is 19.1. The minimum atomic E-state index is -0.319. The Morgan fingerprint density at radius 1 is 1.00 bits per heavy atom. The molecule has 2 rings (SSSR count). The number of hydrogen-bond acceptors (Lipinski definition) is 2. The second-order valence-electron chi connectivity index (χ2n) is 5.43. The molecule has 2 aromatic carbocycles. The summed E-state index contributed by atoms with van der Waals surface area (Å²) in [6.07, 6.45) is -0.194. The molecule has 0 aliphatic carbocycles. The van der Waals surface area contributed by atoms with Gasteiger partial charge in [0.25, 0.3) is 0 Å². The second-order valence-corrected chi connectivity index (χ2v) is 5.43. The maximum atomic E-state index is 14.1. The predicted octanol–water partition coefficient (Wildman–Crippen LogP) is 4.46. The molecule has 0 fully saturated rings. The molecule has 0 amide bonds. The molecule has 1 N–H and O–H groups in total. The molecule has 1 atom stereocenters. The second kappa shape index (κ2) is 7.23. The van der Waals surface area contributed by atoms with E-state index in [9.17, 15) is 4.39 Å². The number of ether oxygens (including phenoxy) is 1. The average Bonchev–Trinajstić information content (AvgIpc) is 2.48. The number of hydrogen-bond donors (Lipinski definition) is 1. The Labute approximate surface area is 126 Å². The van der Waals surface area contributed by atoms with Gasteiger partial charge in [-0.05, 0) is 18.6 Å². The van der Waals surface area contributed by atoms with Crippen LogP contribution in [-0.2, 0) is 6.54 Å². The fourth-order valence-corrected chi connectivity index (χ4v) is 2.11. The van der Waals surface area contributed by atoms with Gasteiger partial charge in [0.15, 0.2) is 11.6 Å². The van der Waals surface area contributed by atoms with Crippen molar-refractivity contribution in [3.8, 4) is 5.75 Å². The molecule has 1 unspecified atom stereocenters. The first-order valence-corrected chi connectivity index (χ1v) is 7.30. The molecule has 0 saturated carbocycles. The van der Waals surface area contributed by atoms with Crippen LogP contribution in [-0.4, -0.2) is 6.04 Å². The van der Waals surface area contributed by atoms with Gasteiger partial charge in [0.05, 0.1) is 0 Å². The maximum absolute atomic E-state index is 14.1. The summed E-state index contributed by atoms with van der Waals surface area (Å²) in [6, 6.07) is 15.2. The Hall–Kier alpha value is -1.87. The van der Waals surface area contributed by atoms with Gasteiger partial charge in [0, 0.05) is 18.2 Å². The summed E-state index contributed by atoms with van der Waals surface area (Å²) in [6.45, 7) is 6.65. The first-order chi connectivity index (χ1) is 10.1. The van der Waals surface area contributed by atoms with Crippen molar-refractivity contribution >= 4 is 0 Å². The van der Waals surface area contributed by atoms with Gasteiger partial charge in [-0.15, -0.1) is 0 Å². The predicted molar refractivity (Wildman–Crippen MR) is 83.9 cm³/mol. The molecular formula is C18H22FNO. The number of nitrogens with one attached hydrogen (secondary N) is 1. The summed E-state index contributed by atoms with van der Waals surface area (Å²) in [7, 11) is 0. The Bertz CT molecular complexity index is 569. The van der Waals surface area contributed by atoms with Crippen molar-refractivity contribution in [1.82, 2.24) is 5.32 Å². The van der Waals surface area contributed by atoms with Gasteiger partial charge in [-0.25, -0.2) is 4.39 Å². The van der Waals surface area contributed by atoms with Crippen LogP contribution in [0.15, 0.2) is 48.5 Å². The molecule has 0 heterocycles. The summed E-state index contributed by atoms with van der Waals surface area (Å²) in [5.41, 5.74) is 1.87. The summed E-state index contributed by atoms with van der Waals surface area (Å²) in [4.78, 5) is 0. The van der Waals surface area contributed by atoms with Gasteiger partial charge in [-0.2, -0.15) is 0 Å². The third kappa shape index (κ3) is 4.30. The molecule has 0 aromatic heterocycles. The fraction of sp³-hybridized carbons (Fsp3) is 0.333. The lowest BCUT2D eigenvalue weighted by atomic mass is 10.1. The molecule has 0 bridgehead atoms. The first-order valence-electron chi connectivity index (χ1n) is 7.30. The van der Waals surface area contributed by atoms with Crippen LogP contribution < -0.4 is 10.1 Å². The Kier molecular flexibility index (Phi) is 5.34. The lowest BCUT2D eigenvalue weighted by Gasteiger charge is -2.19. The van der Waals surface area contributed by atoms with Gasteiger partial charge < -0.3 is 10.1 Å². The molecule has 3 heteroatoms. The van der Waals surface area contributed by atoms with Crippen molar-refractivity contribution in [3.63, 3.8) is 0 Å². The highest BCUT2D eigenvalue weighted by Crippen LogP contribution is 2.28. The monoisotopic (exact) mass is 287 g/mol. The minimum absolute atomic E-state index is 0.194. The standard InChI is InChI=1S/C18H22FNO/c1-13(2)20-12-16-10-7-11-17(19)18(16)21-14(3)15-8-5-4-6-9-15/h4-11,13-14,20H,12H2,1-3H3. The van der Waals surface area contributed by atoms with E-state index in [1.54, 1.807) is 6.07 Å². The molecule has 0 spiro atoms. The molecule has 2 aromatic rings. The van der Waals surface area contributed by atoms with Gasteiger partial charge in [-0.3, -0.25) is 0 Å².